The Bertz CT molecular complexity index is 338. The molecule has 76 valence electrons. The van der Waals surface area contributed by atoms with Crippen LogP contribution in [0.15, 0.2) is 18.2 Å². The third-order valence-electron chi connectivity index (χ3n) is 2.68. The zero-order valence-electron chi connectivity index (χ0n) is 8.06. The first-order valence-corrected chi connectivity index (χ1v) is 5.60. The van der Waals surface area contributed by atoms with Gasteiger partial charge >= 0.3 is 0 Å². The molecule has 1 fully saturated rings. The summed E-state index contributed by atoms with van der Waals surface area (Å²) >= 11 is 12.1. The van der Waals surface area contributed by atoms with Crippen molar-refractivity contribution in [3.63, 3.8) is 0 Å². The van der Waals surface area contributed by atoms with Crippen molar-refractivity contribution in [2.45, 2.75) is 19.4 Å². The van der Waals surface area contributed by atoms with Crippen molar-refractivity contribution in [2.75, 3.05) is 6.54 Å². The van der Waals surface area contributed by atoms with Gasteiger partial charge in [-0.25, -0.2) is 0 Å². The number of halogens is 2. The van der Waals surface area contributed by atoms with Crippen molar-refractivity contribution < 1.29 is 0 Å². The van der Waals surface area contributed by atoms with Crippen LogP contribution in [0.2, 0.25) is 10.0 Å². The van der Waals surface area contributed by atoms with E-state index in [9.17, 15) is 0 Å². The molecule has 14 heavy (non-hydrogen) atoms. The highest BCUT2D eigenvalue weighted by Gasteiger charge is 2.23. The van der Waals surface area contributed by atoms with Crippen LogP contribution in [-0.4, -0.2) is 6.54 Å². The lowest BCUT2D eigenvalue weighted by atomic mass is 10.0. The maximum atomic E-state index is 6.13. The molecule has 1 heterocycles. The van der Waals surface area contributed by atoms with E-state index in [1.807, 2.05) is 18.2 Å². The monoisotopic (exact) mass is 229 g/mol. The Morgan fingerprint density at radius 1 is 1.36 bits per heavy atom. The molecular formula is C11H13Cl2N. The van der Waals surface area contributed by atoms with E-state index in [1.54, 1.807) is 0 Å². The first kappa shape index (κ1) is 10.3. The molecule has 2 unspecified atom stereocenters. The van der Waals surface area contributed by atoms with Gasteiger partial charge in [-0.2, -0.15) is 0 Å². The Morgan fingerprint density at radius 2 is 2.14 bits per heavy atom. The fourth-order valence-electron chi connectivity index (χ4n) is 1.93. The Labute approximate surface area is 94.4 Å². The normalized spacial score (nSPS) is 26.8. The summed E-state index contributed by atoms with van der Waals surface area (Å²) < 4.78 is 0. The maximum absolute atomic E-state index is 6.13. The zero-order chi connectivity index (χ0) is 10.1. The lowest BCUT2D eigenvalue weighted by Gasteiger charge is -2.12. The van der Waals surface area contributed by atoms with E-state index in [-0.39, 0.29) is 0 Å². The summed E-state index contributed by atoms with van der Waals surface area (Å²) in [7, 11) is 0. The van der Waals surface area contributed by atoms with Crippen LogP contribution < -0.4 is 5.32 Å². The van der Waals surface area contributed by atoms with Gasteiger partial charge < -0.3 is 5.32 Å². The van der Waals surface area contributed by atoms with Crippen molar-refractivity contribution in [1.29, 1.82) is 0 Å². The molecule has 2 atom stereocenters. The van der Waals surface area contributed by atoms with E-state index in [0.29, 0.717) is 6.04 Å². The van der Waals surface area contributed by atoms with Crippen molar-refractivity contribution in [3.05, 3.63) is 33.8 Å². The van der Waals surface area contributed by atoms with Crippen molar-refractivity contribution in [3.8, 4) is 0 Å². The fourth-order valence-corrected chi connectivity index (χ4v) is 2.36. The third kappa shape index (κ3) is 2.05. The van der Waals surface area contributed by atoms with E-state index in [4.69, 9.17) is 23.2 Å². The molecular weight excluding hydrogens is 217 g/mol. The number of nitrogens with one attached hydrogen (secondary N) is 1. The summed E-state index contributed by atoms with van der Waals surface area (Å²) in [5.74, 6) is 0.718. The predicted molar refractivity (Wildman–Crippen MR) is 61.0 cm³/mol. The molecule has 1 aliphatic rings. The molecule has 1 nitrogen and oxygen atoms in total. The van der Waals surface area contributed by atoms with Crippen LogP contribution in [0, 0.1) is 5.92 Å². The lowest BCUT2D eigenvalue weighted by molar-refractivity contribution is 0.612. The molecule has 2 rings (SSSR count). The minimum Gasteiger partial charge on any atom is -0.310 e. The second kappa shape index (κ2) is 4.09. The SMILES string of the molecule is CC1CNC(c2cc(Cl)ccc2Cl)C1. The van der Waals surface area contributed by atoms with Gasteiger partial charge in [0.1, 0.15) is 0 Å². The second-order valence-corrected chi connectivity index (χ2v) is 4.81. The molecule has 1 saturated heterocycles. The molecule has 1 aromatic carbocycles. The van der Waals surface area contributed by atoms with Crippen LogP contribution in [-0.2, 0) is 0 Å². The average Bonchev–Trinajstić information content (AvgIpc) is 2.56. The quantitative estimate of drug-likeness (QED) is 0.776. The van der Waals surface area contributed by atoms with Crippen molar-refractivity contribution in [2.24, 2.45) is 5.92 Å². The van der Waals surface area contributed by atoms with Crippen LogP contribution in [0.1, 0.15) is 24.9 Å². The highest BCUT2D eigenvalue weighted by molar-refractivity contribution is 6.33. The molecule has 0 bridgehead atoms. The van der Waals surface area contributed by atoms with E-state index in [2.05, 4.69) is 12.2 Å². The molecule has 0 aliphatic carbocycles. The van der Waals surface area contributed by atoms with Crippen LogP contribution in [0.3, 0.4) is 0 Å². The summed E-state index contributed by atoms with van der Waals surface area (Å²) in [4.78, 5) is 0. The van der Waals surface area contributed by atoms with Crippen molar-refractivity contribution in [1.82, 2.24) is 5.32 Å². The van der Waals surface area contributed by atoms with Crippen molar-refractivity contribution >= 4 is 23.2 Å². The Balaban J connectivity index is 2.27. The minimum absolute atomic E-state index is 0.371. The van der Waals surface area contributed by atoms with Crippen LogP contribution in [0.5, 0.6) is 0 Å². The van der Waals surface area contributed by atoms with Gasteiger partial charge in [-0.15, -0.1) is 0 Å². The first-order valence-electron chi connectivity index (χ1n) is 4.85. The summed E-state index contributed by atoms with van der Waals surface area (Å²) in [6.07, 6.45) is 1.14. The van der Waals surface area contributed by atoms with Crippen LogP contribution in [0.4, 0.5) is 0 Å². The summed E-state index contributed by atoms with van der Waals surface area (Å²) in [5, 5.41) is 5.01. The number of rotatable bonds is 1. The van der Waals surface area contributed by atoms with Gasteiger partial charge in [0.2, 0.25) is 0 Å². The average molecular weight is 230 g/mol. The minimum atomic E-state index is 0.371. The van der Waals surface area contributed by atoms with Crippen LogP contribution >= 0.6 is 23.2 Å². The third-order valence-corrected chi connectivity index (χ3v) is 3.26. The van der Waals surface area contributed by atoms with Gasteiger partial charge in [-0.05, 0) is 42.6 Å². The molecule has 1 N–H and O–H groups in total. The van der Waals surface area contributed by atoms with Gasteiger partial charge in [-0.3, -0.25) is 0 Å². The zero-order valence-corrected chi connectivity index (χ0v) is 9.57. The molecule has 0 spiro atoms. The number of benzene rings is 1. The van der Waals surface area contributed by atoms with Crippen LogP contribution in [0.25, 0.3) is 0 Å². The molecule has 0 saturated carbocycles. The molecule has 0 amide bonds. The molecule has 3 heteroatoms. The Kier molecular flexibility index (Phi) is 3.01. The Hall–Kier alpha value is -0.240. The molecule has 0 aromatic heterocycles. The number of hydrogen-bond acceptors (Lipinski definition) is 1. The maximum Gasteiger partial charge on any atom is 0.0454 e. The standard InChI is InChI=1S/C11H13Cl2N/c1-7-4-11(14-6-7)9-5-8(12)2-3-10(9)13/h2-3,5,7,11,14H,4,6H2,1H3. The number of hydrogen-bond donors (Lipinski definition) is 1. The summed E-state index contributed by atoms with van der Waals surface area (Å²) in [6.45, 7) is 3.30. The second-order valence-electron chi connectivity index (χ2n) is 3.97. The van der Waals surface area contributed by atoms with Gasteiger partial charge in [0, 0.05) is 16.1 Å². The van der Waals surface area contributed by atoms with Gasteiger partial charge in [0.25, 0.3) is 0 Å². The Morgan fingerprint density at radius 3 is 2.79 bits per heavy atom. The molecule has 1 aliphatic heterocycles. The smallest absolute Gasteiger partial charge is 0.0454 e. The lowest BCUT2D eigenvalue weighted by Crippen LogP contribution is -2.13. The largest absolute Gasteiger partial charge is 0.310 e. The van der Waals surface area contributed by atoms with E-state index < -0.39 is 0 Å². The van der Waals surface area contributed by atoms with E-state index in [0.717, 1.165) is 34.5 Å². The highest BCUT2D eigenvalue weighted by Crippen LogP contribution is 2.33. The molecule has 1 aromatic rings. The fraction of sp³-hybridized carbons (Fsp3) is 0.455. The molecule has 0 radical (unpaired) electrons. The van der Waals surface area contributed by atoms with Gasteiger partial charge in [0.05, 0.1) is 0 Å². The topological polar surface area (TPSA) is 12.0 Å². The van der Waals surface area contributed by atoms with E-state index >= 15 is 0 Å². The first-order chi connectivity index (χ1) is 6.66. The summed E-state index contributed by atoms with van der Waals surface area (Å²) in [6, 6.07) is 6.02. The van der Waals surface area contributed by atoms with E-state index in [1.165, 1.54) is 0 Å². The summed E-state index contributed by atoms with van der Waals surface area (Å²) in [5.41, 5.74) is 1.13. The van der Waals surface area contributed by atoms with Gasteiger partial charge in [-0.1, -0.05) is 30.1 Å². The predicted octanol–water partition coefficient (Wildman–Crippen LogP) is 3.66. The van der Waals surface area contributed by atoms with Gasteiger partial charge in [0.15, 0.2) is 0 Å². The highest BCUT2D eigenvalue weighted by atomic mass is 35.5.